The molecule has 3 aromatic rings. The molecular formula is C39H47F2N9O11. The molecule has 22 heteroatoms. The molecule has 5 unspecified atom stereocenters. The molecule has 20 nitrogen and oxygen atoms in total. The van der Waals surface area contributed by atoms with E-state index in [1.165, 1.54) is 42.5 Å². The second-order valence-corrected chi connectivity index (χ2v) is 13.7. The van der Waals surface area contributed by atoms with Crippen LogP contribution in [0.5, 0.6) is 11.5 Å². The summed E-state index contributed by atoms with van der Waals surface area (Å²) in [6, 6.07) is 5.86. The summed E-state index contributed by atoms with van der Waals surface area (Å²) in [5.74, 6) is -10.3. The van der Waals surface area contributed by atoms with Crippen LogP contribution < -0.4 is 43.8 Å². The van der Waals surface area contributed by atoms with E-state index in [2.05, 4.69) is 31.6 Å². The van der Waals surface area contributed by atoms with Crippen LogP contribution >= 0.6 is 0 Å². The van der Waals surface area contributed by atoms with Gasteiger partial charge in [-0.2, -0.15) is 0 Å². The zero-order valence-corrected chi connectivity index (χ0v) is 32.5. The third-order valence-corrected chi connectivity index (χ3v) is 8.82. The Morgan fingerprint density at radius 1 is 0.623 bits per heavy atom. The number of nitrogens with one attached hydrogen (secondary N) is 5. The molecule has 0 aliphatic carbocycles. The van der Waals surface area contributed by atoms with Crippen molar-refractivity contribution in [3.8, 4) is 11.5 Å². The molecule has 0 radical (unpaired) electrons. The zero-order chi connectivity index (χ0) is 45.2. The van der Waals surface area contributed by atoms with Gasteiger partial charge in [-0.25, -0.2) is 13.6 Å². The van der Waals surface area contributed by atoms with Gasteiger partial charge in [0.2, 0.25) is 29.5 Å². The van der Waals surface area contributed by atoms with Gasteiger partial charge in [0, 0.05) is 19.4 Å². The molecule has 3 aromatic carbocycles. The number of benzene rings is 3. The molecule has 0 spiro atoms. The van der Waals surface area contributed by atoms with Crippen LogP contribution in [0, 0.1) is 11.6 Å². The quantitative estimate of drug-likeness (QED) is 0.0221. The summed E-state index contributed by atoms with van der Waals surface area (Å²) < 4.78 is 27.2. The fraction of sp³-hybridized carbons (Fsp3) is 0.333. The Balaban J connectivity index is 1.74. The molecule has 5 amide bonds. The van der Waals surface area contributed by atoms with Gasteiger partial charge >= 0.3 is 11.9 Å². The monoisotopic (exact) mass is 855 g/mol. The van der Waals surface area contributed by atoms with Crippen molar-refractivity contribution in [1.82, 2.24) is 26.6 Å². The minimum Gasteiger partial charge on any atom is -0.504 e. The second-order valence-electron chi connectivity index (χ2n) is 13.7. The number of carbonyl (C=O) groups excluding carboxylic acids is 5. The minimum atomic E-state index is -1.84. The van der Waals surface area contributed by atoms with E-state index in [0.717, 1.165) is 24.3 Å². The van der Waals surface area contributed by atoms with Crippen molar-refractivity contribution >= 4 is 47.4 Å². The molecule has 0 aromatic heterocycles. The number of amides is 5. The summed E-state index contributed by atoms with van der Waals surface area (Å²) in [5.41, 5.74) is 17.7. The molecule has 3 rings (SSSR count). The maximum Gasteiger partial charge on any atom is 0.326 e. The van der Waals surface area contributed by atoms with Crippen molar-refractivity contribution in [3.05, 3.63) is 95.1 Å². The van der Waals surface area contributed by atoms with Crippen molar-refractivity contribution in [1.29, 1.82) is 0 Å². The lowest BCUT2D eigenvalue weighted by Crippen LogP contribution is -2.58. The Morgan fingerprint density at radius 3 is 1.64 bits per heavy atom. The van der Waals surface area contributed by atoms with Gasteiger partial charge in [0.1, 0.15) is 35.8 Å². The van der Waals surface area contributed by atoms with Crippen molar-refractivity contribution < 1.29 is 62.8 Å². The lowest BCUT2D eigenvalue weighted by Gasteiger charge is -2.24. The number of carbonyl (C=O) groups is 7. The molecule has 0 aliphatic heterocycles. The highest BCUT2D eigenvalue weighted by Gasteiger charge is 2.31. The Morgan fingerprint density at radius 2 is 1.13 bits per heavy atom. The van der Waals surface area contributed by atoms with Crippen molar-refractivity contribution in [2.24, 2.45) is 22.2 Å². The summed E-state index contributed by atoms with van der Waals surface area (Å²) in [4.78, 5) is 94.0. The molecule has 0 saturated heterocycles. The van der Waals surface area contributed by atoms with E-state index < -0.39 is 108 Å². The van der Waals surface area contributed by atoms with E-state index in [-0.39, 0.29) is 44.6 Å². The predicted octanol–water partition coefficient (Wildman–Crippen LogP) is -1.60. The summed E-state index contributed by atoms with van der Waals surface area (Å²) in [6.45, 7) is -0.816. The van der Waals surface area contributed by atoms with E-state index in [9.17, 15) is 62.8 Å². The zero-order valence-electron chi connectivity index (χ0n) is 32.5. The van der Waals surface area contributed by atoms with Crippen molar-refractivity contribution in [2.45, 2.75) is 68.7 Å². The first-order valence-corrected chi connectivity index (χ1v) is 18.5. The summed E-state index contributed by atoms with van der Waals surface area (Å²) in [5, 5.41) is 50.2. The van der Waals surface area contributed by atoms with Crippen molar-refractivity contribution in [2.75, 3.05) is 13.1 Å². The topological polar surface area (TPSA) is 351 Å². The van der Waals surface area contributed by atoms with Gasteiger partial charge in [0.25, 0.3) is 0 Å². The summed E-state index contributed by atoms with van der Waals surface area (Å²) >= 11 is 0. The normalized spacial score (nSPS) is 13.2. The van der Waals surface area contributed by atoms with Crippen LogP contribution in [0.1, 0.15) is 36.0 Å². The molecule has 0 fully saturated rings. The highest BCUT2D eigenvalue weighted by Crippen LogP contribution is 2.25. The highest BCUT2D eigenvalue weighted by atomic mass is 19.1. The number of carboxylic acids is 2. The van der Waals surface area contributed by atoms with E-state index >= 15 is 0 Å². The number of nitrogens with two attached hydrogens (primary N) is 3. The molecular weight excluding hydrogens is 808 g/mol. The maximum atomic E-state index is 13.7. The number of phenolic OH excluding ortho intramolecular Hbond substituents is 2. The van der Waals surface area contributed by atoms with Crippen LogP contribution in [0.2, 0.25) is 0 Å². The number of nitrogens with zero attached hydrogens (tertiary/aromatic N) is 1. The average molecular weight is 856 g/mol. The number of guanidine groups is 1. The van der Waals surface area contributed by atoms with Crippen LogP contribution in [0.4, 0.5) is 8.78 Å². The third-order valence-electron chi connectivity index (χ3n) is 8.82. The molecule has 0 saturated carbocycles. The molecule has 0 bridgehead atoms. The van der Waals surface area contributed by atoms with E-state index in [1.807, 2.05) is 0 Å². The number of halogens is 2. The molecule has 61 heavy (non-hydrogen) atoms. The van der Waals surface area contributed by atoms with Gasteiger partial charge in [-0.1, -0.05) is 30.3 Å². The van der Waals surface area contributed by atoms with Crippen LogP contribution in [-0.4, -0.2) is 111 Å². The van der Waals surface area contributed by atoms with Crippen LogP contribution in [0.15, 0.2) is 71.7 Å². The molecule has 5 atom stereocenters. The van der Waals surface area contributed by atoms with Gasteiger partial charge in [-0.3, -0.25) is 33.8 Å². The molecule has 0 aliphatic rings. The highest BCUT2D eigenvalue weighted by molar-refractivity contribution is 5.96. The first kappa shape index (κ1) is 48.0. The molecule has 15 N–H and O–H groups in total. The number of aliphatic carboxylic acids is 2. The number of hydrogen-bond donors (Lipinski definition) is 12. The molecule has 328 valence electrons. The maximum absolute atomic E-state index is 13.7. The van der Waals surface area contributed by atoms with E-state index in [1.54, 1.807) is 0 Å². The first-order chi connectivity index (χ1) is 28.8. The second kappa shape index (κ2) is 23.3. The smallest absolute Gasteiger partial charge is 0.326 e. The Bertz CT molecular complexity index is 2070. The summed E-state index contributed by atoms with van der Waals surface area (Å²) in [7, 11) is 0. The number of phenols is 2. The summed E-state index contributed by atoms with van der Waals surface area (Å²) in [6.07, 6.45) is -1.66. The number of rotatable bonds is 23. The fourth-order valence-electron chi connectivity index (χ4n) is 5.68. The Hall–Kier alpha value is -7.36. The lowest BCUT2D eigenvalue weighted by molar-refractivity contribution is -0.142. The van der Waals surface area contributed by atoms with Crippen LogP contribution in [0.3, 0.4) is 0 Å². The largest absolute Gasteiger partial charge is 0.504 e. The Labute approximate surface area is 347 Å². The van der Waals surface area contributed by atoms with E-state index in [0.29, 0.717) is 16.7 Å². The van der Waals surface area contributed by atoms with E-state index in [4.69, 9.17) is 17.2 Å². The fourth-order valence-corrected chi connectivity index (χ4v) is 5.68. The van der Waals surface area contributed by atoms with Gasteiger partial charge in [-0.05, 0) is 72.4 Å². The van der Waals surface area contributed by atoms with Crippen LogP contribution in [0.25, 0.3) is 0 Å². The first-order valence-electron chi connectivity index (χ1n) is 18.5. The average Bonchev–Trinajstić information content (AvgIpc) is 3.19. The van der Waals surface area contributed by atoms with Gasteiger partial charge in [0.05, 0.1) is 19.0 Å². The minimum absolute atomic E-state index is 0.0628. The predicted molar refractivity (Wildman–Crippen MR) is 212 cm³/mol. The number of carboxylic acid groups (broad SMARTS) is 2. The number of aliphatic imine (C=N–C) groups is 1. The standard InChI is InChI=1S/C39H47F2N9O11/c40-23-8-3-20(4-9-23)15-27(36(58)48-26(38(60)61)2-1-13-45-39(43)44)47-32(53)19-46-35(57)29(18-33(54)55)50-37(59)28(16-21-5-10-24(41)11-6-21)49-34(56)25(42)14-22-7-12-30(51)31(52)17-22/h3-12,17,25-29,51-52H,1-2,13-16,18-19,42H2,(H,46,57)(H,47,53)(H,48,58)(H,49,56)(H,50,59)(H,54,55)(H,60,61)(H4,43,44,45). The Kier molecular flexibility index (Phi) is 18.3. The van der Waals surface area contributed by atoms with Gasteiger partial charge in [-0.15, -0.1) is 0 Å². The SMILES string of the molecule is NC(N)=NCCCC(NC(=O)C(Cc1ccc(F)cc1)NC(=O)CNC(=O)C(CC(=O)O)NC(=O)C(Cc1ccc(F)cc1)NC(=O)C(N)Cc1ccc(O)c(O)c1)C(=O)O. The van der Waals surface area contributed by atoms with Crippen LogP contribution in [-0.2, 0) is 52.8 Å². The van der Waals surface area contributed by atoms with Gasteiger partial charge < -0.3 is 64.2 Å². The number of aromatic hydroxyl groups is 2. The lowest BCUT2D eigenvalue weighted by atomic mass is 10.0. The third kappa shape index (κ3) is 16.8. The molecule has 0 heterocycles. The van der Waals surface area contributed by atoms with Crippen molar-refractivity contribution in [3.63, 3.8) is 0 Å². The number of hydrogen-bond acceptors (Lipinski definition) is 11. The van der Waals surface area contributed by atoms with Gasteiger partial charge in [0.15, 0.2) is 17.5 Å².